The number of ether oxygens (including phenoxy) is 1. The van der Waals surface area contributed by atoms with Crippen LogP contribution < -0.4 is 10.2 Å². The number of carbonyl (C=O) groups is 1. The second-order valence-corrected chi connectivity index (χ2v) is 6.87. The minimum atomic E-state index is -0.319. The van der Waals surface area contributed by atoms with Crippen LogP contribution in [-0.2, 0) is 4.79 Å². The molecule has 0 aliphatic heterocycles. The van der Waals surface area contributed by atoms with Crippen LogP contribution in [0.1, 0.15) is 43.6 Å². The summed E-state index contributed by atoms with van der Waals surface area (Å²) in [4.78, 5) is 12.1. The van der Waals surface area contributed by atoms with E-state index in [-0.39, 0.29) is 12.5 Å². The molecule has 0 saturated heterocycles. The number of fused-ring (bicyclic) bond motifs is 1. The van der Waals surface area contributed by atoms with Crippen molar-refractivity contribution in [2.45, 2.75) is 33.6 Å². The largest absolute Gasteiger partial charge is 0.483 e. The van der Waals surface area contributed by atoms with E-state index in [1.807, 2.05) is 49.4 Å². The molecule has 0 aliphatic rings. The number of carbonyl (C=O) groups excluding carboxylic acids is 1. The first-order valence-corrected chi connectivity index (χ1v) is 8.99. The Kier molecular flexibility index (Phi) is 5.60. The Balaban J connectivity index is 1.62. The maximum absolute atomic E-state index is 12.1. The third kappa shape index (κ3) is 4.56. The number of nitrogens with one attached hydrogen (secondary N) is 1. The van der Waals surface area contributed by atoms with E-state index in [0.29, 0.717) is 17.4 Å². The first-order chi connectivity index (χ1) is 12.9. The first kappa shape index (κ1) is 18.7. The molecule has 1 amide bonds. The molecule has 140 valence electrons. The molecule has 3 aromatic rings. The molecule has 3 rings (SSSR count). The van der Waals surface area contributed by atoms with E-state index in [9.17, 15) is 4.79 Å². The zero-order valence-electron chi connectivity index (χ0n) is 16.1. The van der Waals surface area contributed by atoms with Crippen LogP contribution in [0.2, 0.25) is 0 Å². The van der Waals surface area contributed by atoms with Gasteiger partial charge in [-0.25, -0.2) is 5.43 Å². The van der Waals surface area contributed by atoms with Gasteiger partial charge in [0.05, 0.1) is 0 Å². The van der Waals surface area contributed by atoms with E-state index in [1.165, 1.54) is 5.56 Å². The third-order valence-electron chi connectivity index (χ3n) is 4.28. The molecular weight excluding hydrogens is 340 g/mol. The zero-order chi connectivity index (χ0) is 19.4. The van der Waals surface area contributed by atoms with Gasteiger partial charge in [-0.05, 0) is 43.5 Å². The summed E-state index contributed by atoms with van der Waals surface area (Å²) in [7, 11) is 0. The van der Waals surface area contributed by atoms with E-state index in [0.717, 1.165) is 22.3 Å². The van der Waals surface area contributed by atoms with Crippen molar-refractivity contribution in [2.75, 3.05) is 6.61 Å². The van der Waals surface area contributed by atoms with E-state index in [1.54, 1.807) is 6.92 Å². The van der Waals surface area contributed by atoms with Crippen molar-refractivity contribution in [1.82, 2.24) is 5.43 Å². The van der Waals surface area contributed by atoms with Crippen molar-refractivity contribution >= 4 is 22.6 Å². The average molecular weight is 364 g/mol. The Labute approximate surface area is 159 Å². The highest BCUT2D eigenvalue weighted by Gasteiger charge is 2.11. The summed E-state index contributed by atoms with van der Waals surface area (Å²) in [6, 6.07) is 15.6. The van der Waals surface area contributed by atoms with Crippen molar-refractivity contribution < 1.29 is 13.9 Å². The molecule has 5 heteroatoms. The highest BCUT2D eigenvalue weighted by atomic mass is 16.5. The van der Waals surface area contributed by atoms with Gasteiger partial charge in [-0.2, -0.15) is 5.10 Å². The molecule has 1 heterocycles. The van der Waals surface area contributed by atoms with Gasteiger partial charge in [-0.1, -0.05) is 49.7 Å². The van der Waals surface area contributed by atoms with Crippen molar-refractivity contribution in [2.24, 2.45) is 5.10 Å². The highest BCUT2D eigenvalue weighted by Crippen LogP contribution is 2.27. The maximum atomic E-state index is 12.1. The SMILES string of the molecule is C/C(=N/NC(=O)COc1ccc(C)cc1C(C)C)c1cc2ccccc2o1. The van der Waals surface area contributed by atoms with Crippen LogP contribution in [0, 0.1) is 6.92 Å². The van der Waals surface area contributed by atoms with Crippen molar-refractivity contribution in [3.8, 4) is 5.75 Å². The molecule has 0 unspecified atom stereocenters. The third-order valence-corrected chi connectivity index (χ3v) is 4.28. The standard InChI is InChI=1S/C22H24N2O3/c1-14(2)18-11-15(3)9-10-20(18)26-13-22(25)24-23-16(4)21-12-17-7-5-6-8-19(17)27-21/h5-12,14H,13H2,1-4H3,(H,24,25)/b23-16-. The number of rotatable bonds is 6. The lowest BCUT2D eigenvalue weighted by atomic mass is 10.00. The Bertz CT molecular complexity index is 953. The molecule has 0 fully saturated rings. The maximum Gasteiger partial charge on any atom is 0.277 e. The fourth-order valence-corrected chi connectivity index (χ4v) is 2.79. The van der Waals surface area contributed by atoms with Gasteiger partial charge in [0, 0.05) is 5.39 Å². The summed E-state index contributed by atoms with van der Waals surface area (Å²) in [5.41, 5.74) is 6.16. The van der Waals surface area contributed by atoms with Crippen molar-refractivity contribution in [3.05, 3.63) is 65.4 Å². The molecular formula is C22H24N2O3. The lowest BCUT2D eigenvalue weighted by Crippen LogP contribution is -2.25. The van der Waals surface area contributed by atoms with Crippen LogP contribution in [0.3, 0.4) is 0 Å². The number of benzene rings is 2. The second-order valence-electron chi connectivity index (χ2n) is 6.87. The molecule has 5 nitrogen and oxygen atoms in total. The van der Waals surface area contributed by atoms with Crippen molar-refractivity contribution in [3.63, 3.8) is 0 Å². The number of hydrogen-bond donors (Lipinski definition) is 1. The molecule has 1 N–H and O–H groups in total. The van der Waals surface area contributed by atoms with Crippen molar-refractivity contribution in [1.29, 1.82) is 0 Å². The quantitative estimate of drug-likeness (QED) is 0.505. The van der Waals surface area contributed by atoms with Gasteiger partial charge in [0.2, 0.25) is 0 Å². The van der Waals surface area contributed by atoms with Gasteiger partial charge in [-0.3, -0.25) is 4.79 Å². The van der Waals surface area contributed by atoms with Crippen LogP contribution in [0.5, 0.6) is 5.75 Å². The predicted octanol–water partition coefficient (Wildman–Crippen LogP) is 4.78. The summed E-state index contributed by atoms with van der Waals surface area (Å²) in [5, 5.41) is 5.11. The van der Waals surface area contributed by atoms with E-state index >= 15 is 0 Å². The smallest absolute Gasteiger partial charge is 0.277 e. The number of hydrazone groups is 1. The van der Waals surface area contributed by atoms with E-state index in [2.05, 4.69) is 30.4 Å². The highest BCUT2D eigenvalue weighted by molar-refractivity contribution is 6.00. The molecule has 0 spiro atoms. The molecule has 0 bridgehead atoms. The normalized spacial score (nSPS) is 11.8. The Morgan fingerprint density at radius 2 is 1.96 bits per heavy atom. The Hall–Kier alpha value is -3.08. The number of amides is 1. The first-order valence-electron chi connectivity index (χ1n) is 8.99. The zero-order valence-corrected chi connectivity index (χ0v) is 16.1. The van der Waals surface area contributed by atoms with Crippen LogP contribution in [0.15, 0.2) is 58.0 Å². The summed E-state index contributed by atoms with van der Waals surface area (Å²) in [6.45, 7) is 7.93. The topological polar surface area (TPSA) is 63.8 Å². The number of nitrogens with zero attached hydrogens (tertiary/aromatic N) is 1. The summed E-state index contributed by atoms with van der Waals surface area (Å²) >= 11 is 0. The van der Waals surface area contributed by atoms with Gasteiger partial charge >= 0.3 is 0 Å². The molecule has 0 radical (unpaired) electrons. The number of para-hydroxylation sites is 1. The van der Waals surface area contributed by atoms with Crippen LogP contribution in [0.25, 0.3) is 11.0 Å². The Morgan fingerprint density at radius 1 is 1.19 bits per heavy atom. The van der Waals surface area contributed by atoms with Gasteiger partial charge in [0.1, 0.15) is 17.0 Å². The number of furan rings is 1. The second kappa shape index (κ2) is 8.08. The minimum absolute atomic E-state index is 0.0975. The molecule has 1 aromatic heterocycles. The summed E-state index contributed by atoms with van der Waals surface area (Å²) < 4.78 is 11.4. The minimum Gasteiger partial charge on any atom is -0.483 e. The fourth-order valence-electron chi connectivity index (χ4n) is 2.79. The predicted molar refractivity (Wildman–Crippen MR) is 107 cm³/mol. The molecule has 27 heavy (non-hydrogen) atoms. The Morgan fingerprint density at radius 3 is 2.70 bits per heavy atom. The number of hydrogen-bond acceptors (Lipinski definition) is 4. The monoisotopic (exact) mass is 364 g/mol. The lowest BCUT2D eigenvalue weighted by molar-refractivity contribution is -0.123. The van der Waals surface area contributed by atoms with Gasteiger partial charge < -0.3 is 9.15 Å². The summed E-state index contributed by atoms with van der Waals surface area (Å²) in [6.07, 6.45) is 0. The van der Waals surface area contributed by atoms with E-state index in [4.69, 9.17) is 9.15 Å². The molecule has 0 atom stereocenters. The van der Waals surface area contributed by atoms with Gasteiger partial charge in [-0.15, -0.1) is 0 Å². The average Bonchev–Trinajstić information content (AvgIpc) is 3.09. The van der Waals surface area contributed by atoms with Crippen LogP contribution in [0.4, 0.5) is 0 Å². The van der Waals surface area contributed by atoms with Gasteiger partial charge in [0.15, 0.2) is 12.4 Å². The van der Waals surface area contributed by atoms with Crippen LogP contribution in [-0.4, -0.2) is 18.2 Å². The van der Waals surface area contributed by atoms with Crippen LogP contribution >= 0.6 is 0 Å². The molecule has 0 saturated carbocycles. The fraction of sp³-hybridized carbons (Fsp3) is 0.273. The number of aryl methyl sites for hydroxylation is 1. The molecule has 0 aliphatic carbocycles. The molecule has 2 aromatic carbocycles. The lowest BCUT2D eigenvalue weighted by Gasteiger charge is -2.14. The van der Waals surface area contributed by atoms with E-state index < -0.39 is 0 Å². The van der Waals surface area contributed by atoms with Gasteiger partial charge in [0.25, 0.3) is 5.91 Å². The summed E-state index contributed by atoms with van der Waals surface area (Å²) in [5.74, 6) is 1.35.